The van der Waals surface area contributed by atoms with E-state index in [1.54, 1.807) is 22.7 Å². The molecule has 0 saturated carbocycles. The molecular formula is C22H22N5O4SW-. The van der Waals surface area contributed by atoms with Crippen molar-refractivity contribution in [3.8, 4) is 5.75 Å². The predicted molar refractivity (Wildman–Crippen MR) is 123 cm³/mol. The molecule has 0 aliphatic carbocycles. The molecule has 2 N–H and O–H groups in total. The fourth-order valence-corrected chi connectivity index (χ4v) is 3.43. The number of nitrogens with one attached hydrogen (secondary N) is 1. The zero-order valence-corrected chi connectivity index (χ0v) is 21.7. The Morgan fingerprint density at radius 2 is 1.97 bits per heavy atom. The number of aromatic carboxylic acids is 1. The molecule has 1 amide bonds. The van der Waals surface area contributed by atoms with E-state index in [1.807, 2.05) is 30.3 Å². The van der Waals surface area contributed by atoms with Crippen LogP contribution in [0.3, 0.4) is 0 Å². The topological polar surface area (TPSA) is 110 Å². The van der Waals surface area contributed by atoms with Gasteiger partial charge in [-0.25, -0.2) is 14.5 Å². The smallest absolute Gasteiger partial charge is 0.335 e. The number of carboxylic acids is 1. The van der Waals surface area contributed by atoms with Gasteiger partial charge in [-0.15, -0.1) is 5.10 Å². The van der Waals surface area contributed by atoms with E-state index in [2.05, 4.69) is 15.4 Å². The van der Waals surface area contributed by atoms with Gasteiger partial charge in [-0.05, 0) is 23.8 Å². The molecule has 0 bridgehead atoms. The number of aromatic nitrogens is 3. The second kappa shape index (κ2) is 11.2. The molecule has 4 rings (SSSR count). The normalized spacial score (nSPS) is 14.6. The van der Waals surface area contributed by atoms with E-state index in [9.17, 15) is 14.7 Å². The largest absolute Gasteiger partial charge is 0.489 e. The monoisotopic (exact) mass is 636 g/mol. The van der Waals surface area contributed by atoms with Gasteiger partial charge < -0.3 is 27.5 Å². The van der Waals surface area contributed by atoms with Crippen LogP contribution in [0.1, 0.15) is 26.5 Å². The van der Waals surface area contributed by atoms with Crippen molar-refractivity contribution in [3.63, 3.8) is 0 Å². The van der Waals surface area contributed by atoms with Gasteiger partial charge in [0.05, 0.1) is 17.8 Å². The van der Waals surface area contributed by atoms with Gasteiger partial charge in [0, 0.05) is 28.1 Å². The summed E-state index contributed by atoms with van der Waals surface area (Å²) in [5.74, 6) is -1.02. The standard InChI is InChI=1S/C21H19N5O4S.CH3.W/c1-25-16-9-14(21(28)29)7-8-17(16)30-11-15(20(25)31)23-19(27)18-22-12-26(24-18)10-13-5-3-2-4-6-13;;/h2-9,12,15H,10-11H2,1H3,(H,23,27)(H,28,29);1H3;/q;-1;/t15-;;/m0../s1. The van der Waals surface area contributed by atoms with Gasteiger partial charge >= 0.3 is 5.97 Å². The van der Waals surface area contributed by atoms with Gasteiger partial charge in [-0.3, -0.25) is 4.79 Å². The molecule has 1 atom stereocenters. The fraction of sp³-hybridized carbons (Fsp3) is 0.182. The molecule has 3 aromatic rings. The van der Waals surface area contributed by atoms with E-state index < -0.39 is 17.9 Å². The van der Waals surface area contributed by atoms with E-state index >= 15 is 0 Å². The van der Waals surface area contributed by atoms with Crippen molar-refractivity contribution < 1.29 is 40.5 Å². The summed E-state index contributed by atoms with van der Waals surface area (Å²) in [5, 5.41) is 16.3. The summed E-state index contributed by atoms with van der Waals surface area (Å²) in [4.78, 5) is 30.1. The maximum Gasteiger partial charge on any atom is 0.335 e. The Kier molecular flexibility index (Phi) is 8.84. The minimum Gasteiger partial charge on any atom is -0.489 e. The van der Waals surface area contributed by atoms with E-state index in [0.717, 1.165) is 5.56 Å². The summed E-state index contributed by atoms with van der Waals surface area (Å²) in [6, 6.07) is 13.6. The zero-order valence-electron chi connectivity index (χ0n) is 18.0. The van der Waals surface area contributed by atoms with Crippen LogP contribution in [-0.4, -0.2) is 56.4 Å². The van der Waals surface area contributed by atoms with E-state index in [0.29, 0.717) is 23.0 Å². The second-order valence-electron chi connectivity index (χ2n) is 6.97. The molecule has 9 nitrogen and oxygen atoms in total. The van der Waals surface area contributed by atoms with Crippen molar-refractivity contribution in [2.45, 2.75) is 12.6 Å². The Hall–Kier alpha value is -3.10. The first-order chi connectivity index (χ1) is 14.9. The molecule has 172 valence electrons. The van der Waals surface area contributed by atoms with Crippen LogP contribution in [0.2, 0.25) is 0 Å². The van der Waals surface area contributed by atoms with E-state index in [-0.39, 0.29) is 46.5 Å². The number of amides is 1. The summed E-state index contributed by atoms with van der Waals surface area (Å²) in [6.07, 6.45) is 1.50. The molecule has 1 aliphatic heterocycles. The summed E-state index contributed by atoms with van der Waals surface area (Å²) in [6.45, 7) is 0.592. The molecule has 1 aliphatic rings. The molecule has 33 heavy (non-hydrogen) atoms. The minimum absolute atomic E-state index is 0. The number of thiocarbonyl (C=S) groups is 1. The van der Waals surface area contributed by atoms with Gasteiger partial charge in [-0.2, -0.15) is 0 Å². The van der Waals surface area contributed by atoms with Crippen molar-refractivity contribution in [1.29, 1.82) is 0 Å². The maximum atomic E-state index is 12.7. The van der Waals surface area contributed by atoms with Gasteiger partial charge in [0.1, 0.15) is 29.7 Å². The zero-order chi connectivity index (χ0) is 22.0. The summed E-state index contributed by atoms with van der Waals surface area (Å²) in [7, 11) is 1.70. The number of carbonyl (C=O) groups is 2. The van der Waals surface area contributed by atoms with Crippen molar-refractivity contribution in [3.05, 3.63) is 79.2 Å². The average molecular weight is 636 g/mol. The van der Waals surface area contributed by atoms with Gasteiger partial charge in [0.15, 0.2) is 0 Å². The first kappa shape index (κ1) is 26.2. The molecule has 11 heteroatoms. The van der Waals surface area contributed by atoms with Crippen LogP contribution in [0.4, 0.5) is 5.69 Å². The van der Waals surface area contributed by atoms with Gasteiger partial charge in [-0.1, -0.05) is 42.5 Å². The number of hydrogen-bond acceptors (Lipinski definition) is 6. The van der Waals surface area contributed by atoms with Crippen molar-refractivity contribution in [1.82, 2.24) is 20.1 Å². The number of anilines is 1. The number of fused-ring (bicyclic) bond motifs is 1. The molecule has 2 heterocycles. The molecule has 0 saturated heterocycles. The Labute approximate surface area is 211 Å². The molecular weight excluding hydrogens is 614 g/mol. The second-order valence-corrected chi connectivity index (χ2v) is 7.39. The number of ether oxygens (including phenoxy) is 1. The maximum absolute atomic E-state index is 12.7. The van der Waals surface area contributed by atoms with E-state index in [4.69, 9.17) is 17.0 Å². The SMILES string of the molecule is CN1C(=S)[C@@H](NC(=O)c2ncn(Cc3ccccc3)n2)COc2ccc(C(=O)O)cc21.[CH3-].[W]. The Morgan fingerprint density at radius 1 is 1.24 bits per heavy atom. The third-order valence-corrected chi connectivity index (χ3v) is 5.39. The predicted octanol–water partition coefficient (Wildman–Crippen LogP) is 2.43. The average Bonchev–Trinajstić information content (AvgIpc) is 3.20. The first-order valence-corrected chi connectivity index (χ1v) is 9.85. The van der Waals surface area contributed by atoms with Crippen LogP contribution >= 0.6 is 12.2 Å². The van der Waals surface area contributed by atoms with Crippen LogP contribution in [0, 0.1) is 7.43 Å². The number of carbonyl (C=O) groups excluding carboxylic acids is 1. The fourth-order valence-electron chi connectivity index (χ4n) is 3.20. The number of benzene rings is 2. The third-order valence-electron chi connectivity index (χ3n) is 4.83. The molecule has 0 spiro atoms. The van der Waals surface area contributed by atoms with Gasteiger partial charge in [0.25, 0.3) is 5.91 Å². The van der Waals surface area contributed by atoms with Crippen LogP contribution < -0.4 is 15.0 Å². The minimum atomic E-state index is -1.05. The van der Waals surface area contributed by atoms with Crippen molar-refractivity contribution >= 4 is 34.8 Å². The van der Waals surface area contributed by atoms with Crippen molar-refractivity contribution in [2.75, 3.05) is 18.6 Å². The molecule has 0 radical (unpaired) electrons. The Bertz CT molecular complexity index is 1150. The van der Waals surface area contributed by atoms with Crippen molar-refractivity contribution in [2.24, 2.45) is 0 Å². The summed E-state index contributed by atoms with van der Waals surface area (Å²) in [5.41, 5.74) is 1.68. The van der Waals surface area contributed by atoms with Gasteiger partial charge in [0.2, 0.25) is 5.82 Å². The Balaban J connectivity index is 0.00000193. The molecule has 1 aromatic heterocycles. The first-order valence-electron chi connectivity index (χ1n) is 9.44. The molecule has 0 fully saturated rings. The quantitative estimate of drug-likeness (QED) is 0.325. The van der Waals surface area contributed by atoms with Crippen LogP contribution in [0.25, 0.3) is 0 Å². The summed E-state index contributed by atoms with van der Waals surface area (Å²) < 4.78 is 7.36. The number of carboxylic acid groups (broad SMARTS) is 1. The molecule has 2 aromatic carbocycles. The number of hydrogen-bond donors (Lipinski definition) is 2. The molecule has 0 unspecified atom stereocenters. The number of nitrogens with zero attached hydrogens (tertiary/aromatic N) is 4. The number of likely N-dealkylation sites (N-methyl/N-ethyl adjacent to an activating group) is 1. The van der Waals surface area contributed by atoms with Crippen LogP contribution in [-0.2, 0) is 27.6 Å². The van der Waals surface area contributed by atoms with Crippen LogP contribution in [0.5, 0.6) is 5.75 Å². The van der Waals surface area contributed by atoms with E-state index in [1.165, 1.54) is 18.5 Å². The van der Waals surface area contributed by atoms with Crippen LogP contribution in [0.15, 0.2) is 54.9 Å². The Morgan fingerprint density at radius 3 is 2.67 bits per heavy atom. The third kappa shape index (κ3) is 5.83. The summed E-state index contributed by atoms with van der Waals surface area (Å²) >= 11 is 5.52. The number of rotatable bonds is 5.